The Morgan fingerprint density at radius 2 is 2.00 bits per heavy atom. The van der Waals surface area contributed by atoms with Crippen LogP contribution in [0.25, 0.3) is 0 Å². The molecule has 0 radical (unpaired) electrons. The highest BCUT2D eigenvalue weighted by atomic mass is 19.1. The van der Waals surface area contributed by atoms with E-state index in [1.807, 2.05) is 6.07 Å². The van der Waals surface area contributed by atoms with Crippen LogP contribution in [0, 0.1) is 24.1 Å². The Bertz CT molecular complexity index is 827. The Morgan fingerprint density at radius 3 is 2.67 bits per heavy atom. The quantitative estimate of drug-likeness (QED) is 0.875. The molecule has 0 unspecified atom stereocenters. The summed E-state index contributed by atoms with van der Waals surface area (Å²) in [6, 6.07) is 12.2. The van der Waals surface area contributed by atoms with E-state index in [1.165, 1.54) is 31.2 Å². The molecule has 2 aromatic rings. The maximum absolute atomic E-state index is 13.5. The fourth-order valence-electron chi connectivity index (χ4n) is 1.91. The Morgan fingerprint density at radius 1 is 1.25 bits per heavy atom. The van der Waals surface area contributed by atoms with Gasteiger partial charge in [-0.3, -0.25) is 4.79 Å². The first-order valence-electron chi connectivity index (χ1n) is 7.19. The van der Waals surface area contributed by atoms with Gasteiger partial charge in [-0.05, 0) is 49.7 Å². The maximum Gasteiger partial charge on any atom is 0.338 e. The average molecular weight is 326 g/mol. The molecule has 2 rings (SSSR count). The van der Waals surface area contributed by atoms with E-state index in [9.17, 15) is 14.0 Å². The molecule has 0 bridgehead atoms. The summed E-state index contributed by atoms with van der Waals surface area (Å²) in [6.45, 7) is 3.02. The molecule has 0 saturated carbocycles. The fraction of sp³-hybridized carbons (Fsp3) is 0.167. The molecule has 0 heterocycles. The molecule has 0 aliphatic carbocycles. The second kappa shape index (κ2) is 7.38. The second-order valence-corrected chi connectivity index (χ2v) is 5.19. The molecule has 6 heteroatoms. The van der Waals surface area contributed by atoms with E-state index in [2.05, 4.69) is 5.32 Å². The molecule has 1 amide bonds. The minimum absolute atomic E-state index is 0.176. The van der Waals surface area contributed by atoms with Gasteiger partial charge in [0.15, 0.2) is 6.10 Å². The molecule has 0 aliphatic rings. The van der Waals surface area contributed by atoms with E-state index in [0.717, 1.165) is 0 Å². The molecule has 24 heavy (non-hydrogen) atoms. The van der Waals surface area contributed by atoms with Crippen LogP contribution in [0.2, 0.25) is 0 Å². The number of rotatable bonds is 4. The van der Waals surface area contributed by atoms with Gasteiger partial charge in [-0.1, -0.05) is 12.1 Å². The van der Waals surface area contributed by atoms with Gasteiger partial charge >= 0.3 is 5.97 Å². The number of hydrogen-bond donors (Lipinski definition) is 1. The zero-order chi connectivity index (χ0) is 17.7. The molecular weight excluding hydrogens is 311 g/mol. The van der Waals surface area contributed by atoms with Crippen LogP contribution in [0.3, 0.4) is 0 Å². The topological polar surface area (TPSA) is 79.2 Å². The van der Waals surface area contributed by atoms with Crippen molar-refractivity contribution < 1.29 is 18.7 Å². The van der Waals surface area contributed by atoms with E-state index in [0.29, 0.717) is 11.1 Å². The number of hydrogen-bond acceptors (Lipinski definition) is 4. The van der Waals surface area contributed by atoms with Crippen LogP contribution < -0.4 is 5.32 Å². The lowest BCUT2D eigenvalue weighted by atomic mass is 10.1. The lowest BCUT2D eigenvalue weighted by molar-refractivity contribution is -0.123. The molecule has 0 fully saturated rings. The summed E-state index contributed by atoms with van der Waals surface area (Å²) in [7, 11) is 0. The van der Waals surface area contributed by atoms with Gasteiger partial charge < -0.3 is 10.1 Å². The van der Waals surface area contributed by atoms with Crippen molar-refractivity contribution in [2.24, 2.45) is 0 Å². The third kappa shape index (κ3) is 4.17. The largest absolute Gasteiger partial charge is 0.449 e. The van der Waals surface area contributed by atoms with Crippen molar-refractivity contribution in [1.82, 2.24) is 0 Å². The molecule has 1 N–H and O–H groups in total. The van der Waals surface area contributed by atoms with Crippen molar-refractivity contribution in [2.75, 3.05) is 5.32 Å². The van der Waals surface area contributed by atoms with Crippen LogP contribution in [0.5, 0.6) is 0 Å². The SMILES string of the molecule is Cc1ccc(NC(=O)[C@H](C)OC(=O)c2cccc(C#N)c2)cc1F. The van der Waals surface area contributed by atoms with Crippen molar-refractivity contribution in [2.45, 2.75) is 20.0 Å². The molecule has 0 aromatic heterocycles. The highest BCUT2D eigenvalue weighted by Crippen LogP contribution is 2.14. The highest BCUT2D eigenvalue weighted by molar-refractivity contribution is 5.97. The van der Waals surface area contributed by atoms with Crippen molar-refractivity contribution in [1.29, 1.82) is 5.26 Å². The molecule has 122 valence electrons. The molecule has 0 spiro atoms. The normalized spacial score (nSPS) is 11.2. The average Bonchev–Trinajstić information content (AvgIpc) is 2.58. The molecule has 5 nitrogen and oxygen atoms in total. The monoisotopic (exact) mass is 326 g/mol. The number of amides is 1. The summed E-state index contributed by atoms with van der Waals surface area (Å²) in [4.78, 5) is 24.0. The number of aryl methyl sites for hydroxylation is 1. The standard InChI is InChI=1S/C18H15FN2O3/c1-11-6-7-15(9-16(11)19)21-17(22)12(2)24-18(23)14-5-3-4-13(8-14)10-20/h3-9,12H,1-2H3,(H,21,22)/t12-/m0/s1. The van der Waals surface area contributed by atoms with Gasteiger partial charge in [0, 0.05) is 5.69 Å². The van der Waals surface area contributed by atoms with E-state index in [-0.39, 0.29) is 11.3 Å². The number of ether oxygens (including phenoxy) is 1. The number of anilines is 1. The molecule has 0 saturated heterocycles. The first-order chi connectivity index (χ1) is 11.4. The molecular formula is C18H15FN2O3. The molecule has 0 aliphatic heterocycles. The first-order valence-corrected chi connectivity index (χ1v) is 7.19. The smallest absolute Gasteiger partial charge is 0.338 e. The van der Waals surface area contributed by atoms with Gasteiger partial charge in [-0.15, -0.1) is 0 Å². The van der Waals surface area contributed by atoms with Crippen LogP contribution in [0.4, 0.5) is 10.1 Å². The summed E-state index contributed by atoms with van der Waals surface area (Å²) < 4.78 is 18.5. The zero-order valence-electron chi connectivity index (χ0n) is 13.2. The van der Waals surface area contributed by atoms with E-state index in [1.54, 1.807) is 25.1 Å². The Hall–Kier alpha value is -3.20. The number of carbonyl (C=O) groups is 2. The van der Waals surface area contributed by atoms with Crippen LogP contribution in [-0.2, 0) is 9.53 Å². The van der Waals surface area contributed by atoms with Gasteiger partial charge in [-0.25, -0.2) is 9.18 Å². The minimum atomic E-state index is -1.08. The highest BCUT2D eigenvalue weighted by Gasteiger charge is 2.19. The number of halogens is 1. The summed E-state index contributed by atoms with van der Waals surface area (Å²) in [5.41, 5.74) is 1.23. The minimum Gasteiger partial charge on any atom is -0.449 e. The number of nitriles is 1. The Kier molecular flexibility index (Phi) is 5.27. The predicted molar refractivity (Wildman–Crippen MR) is 85.8 cm³/mol. The maximum atomic E-state index is 13.5. The van der Waals surface area contributed by atoms with Crippen molar-refractivity contribution in [3.63, 3.8) is 0 Å². The van der Waals surface area contributed by atoms with Crippen molar-refractivity contribution in [3.05, 3.63) is 65.0 Å². The number of benzene rings is 2. The number of carbonyl (C=O) groups excluding carboxylic acids is 2. The fourth-order valence-corrected chi connectivity index (χ4v) is 1.91. The van der Waals surface area contributed by atoms with E-state index < -0.39 is 23.8 Å². The van der Waals surface area contributed by atoms with Gasteiger partial charge in [0.1, 0.15) is 5.82 Å². The molecule has 2 aromatic carbocycles. The summed E-state index contributed by atoms with van der Waals surface area (Å²) in [5.74, 6) is -1.74. The number of nitrogens with zero attached hydrogens (tertiary/aromatic N) is 1. The third-order valence-corrected chi connectivity index (χ3v) is 3.32. The molecule has 1 atom stereocenters. The van der Waals surface area contributed by atoms with E-state index in [4.69, 9.17) is 10.00 Å². The van der Waals surface area contributed by atoms with Crippen LogP contribution in [0.1, 0.15) is 28.4 Å². The summed E-state index contributed by atoms with van der Waals surface area (Å²) >= 11 is 0. The van der Waals surface area contributed by atoms with Gasteiger partial charge in [-0.2, -0.15) is 5.26 Å². The van der Waals surface area contributed by atoms with E-state index >= 15 is 0 Å². The summed E-state index contributed by atoms with van der Waals surface area (Å²) in [5, 5.41) is 11.3. The number of nitrogens with one attached hydrogen (secondary N) is 1. The first kappa shape index (κ1) is 17.2. The Balaban J connectivity index is 2.01. The number of esters is 1. The second-order valence-electron chi connectivity index (χ2n) is 5.19. The van der Waals surface area contributed by atoms with Crippen LogP contribution >= 0.6 is 0 Å². The zero-order valence-corrected chi connectivity index (χ0v) is 13.2. The van der Waals surface area contributed by atoms with Crippen LogP contribution in [0.15, 0.2) is 42.5 Å². The third-order valence-electron chi connectivity index (χ3n) is 3.32. The van der Waals surface area contributed by atoms with Gasteiger partial charge in [0.25, 0.3) is 5.91 Å². The van der Waals surface area contributed by atoms with Gasteiger partial charge in [0.2, 0.25) is 0 Å². The predicted octanol–water partition coefficient (Wildman–Crippen LogP) is 3.19. The van der Waals surface area contributed by atoms with Crippen molar-refractivity contribution in [3.8, 4) is 6.07 Å². The van der Waals surface area contributed by atoms with Crippen LogP contribution in [-0.4, -0.2) is 18.0 Å². The van der Waals surface area contributed by atoms with Crippen molar-refractivity contribution >= 4 is 17.6 Å². The van der Waals surface area contributed by atoms with Gasteiger partial charge in [0.05, 0.1) is 17.2 Å². The lowest BCUT2D eigenvalue weighted by Crippen LogP contribution is -2.30. The summed E-state index contributed by atoms with van der Waals surface area (Å²) in [6.07, 6.45) is -1.08. The Labute approximate surface area is 138 Å². The lowest BCUT2D eigenvalue weighted by Gasteiger charge is -2.14.